The summed E-state index contributed by atoms with van der Waals surface area (Å²) in [5.41, 5.74) is -0.114. The molecular formula is C14H9F4NOS. The molecule has 0 atom stereocenters. The Balaban J connectivity index is 2.26. The molecule has 0 aliphatic heterocycles. The molecule has 1 amide bonds. The van der Waals surface area contributed by atoms with Crippen LogP contribution in [0.5, 0.6) is 0 Å². The fourth-order valence-corrected chi connectivity index (χ4v) is 2.14. The highest BCUT2D eigenvalue weighted by molar-refractivity contribution is 7.98. The van der Waals surface area contributed by atoms with Crippen molar-refractivity contribution in [3.05, 3.63) is 59.2 Å². The first-order chi connectivity index (χ1) is 9.92. The van der Waals surface area contributed by atoms with Crippen LogP contribution >= 0.6 is 11.8 Å². The number of nitrogens with one attached hydrogen (secondary N) is 1. The Bertz CT molecular complexity index is 682. The van der Waals surface area contributed by atoms with Gasteiger partial charge < -0.3 is 5.32 Å². The van der Waals surface area contributed by atoms with Gasteiger partial charge in [-0.25, -0.2) is 17.6 Å². The quantitative estimate of drug-likeness (QED) is 0.522. The Morgan fingerprint density at radius 2 is 1.62 bits per heavy atom. The summed E-state index contributed by atoms with van der Waals surface area (Å²) >= 11 is 1.12. The summed E-state index contributed by atoms with van der Waals surface area (Å²) in [5, 5.41) is 2.22. The summed E-state index contributed by atoms with van der Waals surface area (Å²) in [4.78, 5) is 12.2. The number of anilines is 1. The van der Waals surface area contributed by atoms with Crippen LogP contribution in [0, 0.1) is 23.3 Å². The second-order valence-corrected chi connectivity index (χ2v) is 4.91. The molecule has 0 saturated heterocycles. The average molecular weight is 315 g/mol. The predicted octanol–water partition coefficient (Wildman–Crippen LogP) is 4.22. The molecule has 2 aromatic rings. The van der Waals surface area contributed by atoms with Gasteiger partial charge in [-0.15, -0.1) is 11.8 Å². The van der Waals surface area contributed by atoms with Crippen molar-refractivity contribution in [1.82, 2.24) is 0 Å². The maximum absolute atomic E-state index is 13.3. The molecule has 21 heavy (non-hydrogen) atoms. The van der Waals surface area contributed by atoms with Crippen LogP contribution in [0.4, 0.5) is 23.2 Å². The third-order valence-corrected chi connectivity index (χ3v) is 3.41. The van der Waals surface area contributed by atoms with Gasteiger partial charge >= 0.3 is 0 Å². The van der Waals surface area contributed by atoms with Crippen molar-refractivity contribution >= 4 is 23.4 Å². The molecule has 0 unspecified atom stereocenters. The highest BCUT2D eigenvalue weighted by atomic mass is 32.2. The highest BCUT2D eigenvalue weighted by Crippen LogP contribution is 2.22. The lowest BCUT2D eigenvalue weighted by Gasteiger charge is -2.08. The van der Waals surface area contributed by atoms with Crippen LogP contribution in [0.1, 0.15) is 10.4 Å². The van der Waals surface area contributed by atoms with E-state index < -0.39 is 29.2 Å². The molecule has 0 aromatic heterocycles. The van der Waals surface area contributed by atoms with Gasteiger partial charge in [0.2, 0.25) is 0 Å². The van der Waals surface area contributed by atoms with Crippen molar-refractivity contribution in [3.8, 4) is 0 Å². The van der Waals surface area contributed by atoms with E-state index in [1.54, 1.807) is 6.26 Å². The first kappa shape index (κ1) is 15.4. The maximum Gasteiger partial charge on any atom is 0.255 e. The van der Waals surface area contributed by atoms with Gasteiger partial charge in [-0.1, -0.05) is 0 Å². The van der Waals surface area contributed by atoms with Crippen molar-refractivity contribution in [3.63, 3.8) is 0 Å². The van der Waals surface area contributed by atoms with E-state index in [0.717, 1.165) is 17.8 Å². The smallest absolute Gasteiger partial charge is 0.255 e. The molecule has 2 aromatic carbocycles. The van der Waals surface area contributed by atoms with Gasteiger partial charge in [0.1, 0.15) is 5.82 Å². The molecule has 110 valence electrons. The second kappa shape index (κ2) is 6.17. The third kappa shape index (κ3) is 3.36. The molecule has 0 saturated carbocycles. The van der Waals surface area contributed by atoms with Crippen LogP contribution in [-0.4, -0.2) is 12.2 Å². The van der Waals surface area contributed by atoms with Crippen molar-refractivity contribution < 1.29 is 22.4 Å². The fraction of sp³-hybridized carbons (Fsp3) is 0.0714. The molecule has 0 fully saturated rings. The van der Waals surface area contributed by atoms with Crippen molar-refractivity contribution in [1.29, 1.82) is 0 Å². The zero-order chi connectivity index (χ0) is 15.6. The molecule has 0 bridgehead atoms. The van der Waals surface area contributed by atoms with Crippen molar-refractivity contribution in [2.45, 2.75) is 4.90 Å². The minimum atomic E-state index is -1.61. The van der Waals surface area contributed by atoms with E-state index in [9.17, 15) is 22.4 Å². The lowest BCUT2D eigenvalue weighted by molar-refractivity contribution is 0.102. The van der Waals surface area contributed by atoms with Crippen LogP contribution in [0.3, 0.4) is 0 Å². The molecule has 0 radical (unpaired) electrons. The lowest BCUT2D eigenvalue weighted by atomic mass is 10.2. The van der Waals surface area contributed by atoms with E-state index in [0.29, 0.717) is 12.1 Å². The Hall–Kier alpha value is -2.02. The summed E-state index contributed by atoms with van der Waals surface area (Å²) in [6.07, 6.45) is 1.64. The number of carbonyl (C=O) groups is 1. The predicted molar refractivity (Wildman–Crippen MR) is 72.5 cm³/mol. The number of amides is 1. The van der Waals surface area contributed by atoms with E-state index in [-0.39, 0.29) is 16.1 Å². The molecule has 0 spiro atoms. The molecular weight excluding hydrogens is 306 g/mol. The van der Waals surface area contributed by atoms with Gasteiger partial charge in [-0.05, 0) is 24.5 Å². The zero-order valence-electron chi connectivity index (χ0n) is 10.7. The fourth-order valence-electron chi connectivity index (χ4n) is 1.63. The largest absolute Gasteiger partial charge is 0.322 e. The molecule has 0 heterocycles. The highest BCUT2D eigenvalue weighted by Gasteiger charge is 2.14. The zero-order valence-corrected chi connectivity index (χ0v) is 11.5. The van der Waals surface area contributed by atoms with Crippen LogP contribution in [-0.2, 0) is 0 Å². The van der Waals surface area contributed by atoms with E-state index in [1.807, 2.05) is 0 Å². The topological polar surface area (TPSA) is 29.1 Å². The molecule has 0 aliphatic carbocycles. The summed E-state index contributed by atoms with van der Waals surface area (Å²) in [7, 11) is 0. The minimum absolute atomic E-state index is 0.117. The van der Waals surface area contributed by atoms with Gasteiger partial charge in [-0.2, -0.15) is 0 Å². The summed E-state index contributed by atoms with van der Waals surface area (Å²) < 4.78 is 52.2. The van der Waals surface area contributed by atoms with Crippen LogP contribution in [0.2, 0.25) is 0 Å². The number of thioether (sulfide) groups is 1. The number of benzene rings is 2. The Morgan fingerprint density at radius 3 is 2.19 bits per heavy atom. The summed E-state index contributed by atoms with van der Waals surface area (Å²) in [6, 6.07) is 4.99. The molecule has 2 nitrogen and oxygen atoms in total. The third-order valence-electron chi connectivity index (χ3n) is 2.65. The van der Waals surface area contributed by atoms with Gasteiger partial charge in [0.25, 0.3) is 5.91 Å². The second-order valence-electron chi connectivity index (χ2n) is 4.06. The lowest BCUT2D eigenvalue weighted by Crippen LogP contribution is -2.13. The summed E-state index contributed by atoms with van der Waals surface area (Å²) in [6.45, 7) is 0. The Morgan fingerprint density at radius 1 is 1.00 bits per heavy atom. The molecule has 7 heteroatoms. The minimum Gasteiger partial charge on any atom is -0.322 e. The SMILES string of the molecule is CSc1cc(C(=O)Nc2cc(F)c(F)c(F)c2)ccc1F. The normalized spacial score (nSPS) is 10.5. The van der Waals surface area contributed by atoms with E-state index in [2.05, 4.69) is 5.32 Å². The number of carbonyl (C=O) groups excluding carboxylic acids is 1. The van der Waals surface area contributed by atoms with Crippen LogP contribution < -0.4 is 5.32 Å². The van der Waals surface area contributed by atoms with Crippen molar-refractivity contribution in [2.75, 3.05) is 11.6 Å². The van der Waals surface area contributed by atoms with Gasteiger partial charge in [0, 0.05) is 28.3 Å². The average Bonchev–Trinajstić information content (AvgIpc) is 2.45. The number of halogens is 4. The van der Waals surface area contributed by atoms with E-state index in [1.165, 1.54) is 12.1 Å². The Kier molecular flexibility index (Phi) is 4.52. The molecule has 2 rings (SSSR count). The van der Waals surface area contributed by atoms with Gasteiger partial charge in [0.05, 0.1) is 0 Å². The number of hydrogen-bond donors (Lipinski definition) is 1. The van der Waals surface area contributed by atoms with Crippen LogP contribution in [0.25, 0.3) is 0 Å². The summed E-state index contributed by atoms with van der Waals surface area (Å²) in [5.74, 6) is -5.59. The first-order valence-corrected chi connectivity index (χ1v) is 6.94. The first-order valence-electron chi connectivity index (χ1n) is 5.72. The van der Waals surface area contributed by atoms with Crippen molar-refractivity contribution in [2.24, 2.45) is 0 Å². The molecule has 1 N–H and O–H groups in total. The number of rotatable bonds is 3. The standard InChI is InChI=1S/C14H9F4NOS/c1-21-12-4-7(2-3-9(12)15)14(20)19-8-5-10(16)13(18)11(17)6-8/h2-6H,1H3,(H,19,20). The maximum atomic E-state index is 13.3. The van der Waals surface area contributed by atoms with Gasteiger partial charge in [-0.3, -0.25) is 4.79 Å². The van der Waals surface area contributed by atoms with E-state index >= 15 is 0 Å². The number of hydrogen-bond acceptors (Lipinski definition) is 2. The monoisotopic (exact) mass is 315 g/mol. The molecule has 0 aliphatic rings. The van der Waals surface area contributed by atoms with E-state index in [4.69, 9.17) is 0 Å². The Labute approximate surface area is 122 Å². The van der Waals surface area contributed by atoms with Gasteiger partial charge in [0.15, 0.2) is 17.5 Å². The van der Waals surface area contributed by atoms with Crippen LogP contribution in [0.15, 0.2) is 35.2 Å².